The summed E-state index contributed by atoms with van der Waals surface area (Å²) in [5, 5.41) is 41.3. The highest BCUT2D eigenvalue weighted by molar-refractivity contribution is 6.78. The molecule has 0 aliphatic carbocycles. The third-order valence-corrected chi connectivity index (χ3v) is 19.7. The van der Waals surface area contributed by atoms with Gasteiger partial charge in [0.1, 0.15) is 28.4 Å². The number of hydrogen-bond donors (Lipinski definition) is 3. The first-order chi connectivity index (χ1) is 33.5. The van der Waals surface area contributed by atoms with E-state index in [4.69, 9.17) is 9.41 Å². The predicted octanol–water partition coefficient (Wildman–Crippen LogP) is 8.57. The number of aromatic amines is 2. The molecular formula is C51H54F2N12O4Si. The number of fused-ring (bicyclic) bond motifs is 4. The van der Waals surface area contributed by atoms with Gasteiger partial charge >= 0.3 is 0 Å². The van der Waals surface area contributed by atoms with Crippen LogP contribution in [0.1, 0.15) is 118 Å². The number of pyridine rings is 2. The molecule has 0 atom stereocenters. The number of tetrazole rings is 2. The number of nitrogens with zero attached hydrogens (tertiary/aromatic N) is 10. The number of halogens is 2. The number of aromatic nitrogens is 10. The summed E-state index contributed by atoms with van der Waals surface area (Å²) in [5.41, 5.74) is 10.2. The van der Waals surface area contributed by atoms with Crippen molar-refractivity contribution in [3.05, 3.63) is 152 Å². The number of rotatable bonds is 13. The SMILES string of the molecule is CC(C)[Si](Oc1c2c(c(Cc3nn[nH]n3)c3cc(Cc4ccc(F)cc4)cnc13)CN(C)C2=O)(C(C)C)C(C)C.CN1Cc2c(c(O)c3ncc(Cc4ccc(F)cc4)cc3c2Cc2nn[nH]n2)C1=O. The van der Waals surface area contributed by atoms with Crippen molar-refractivity contribution in [2.75, 3.05) is 14.1 Å². The van der Waals surface area contributed by atoms with E-state index in [1.807, 2.05) is 19.3 Å². The van der Waals surface area contributed by atoms with Gasteiger partial charge in [-0.2, -0.15) is 10.4 Å². The number of carbonyl (C=O) groups excluding carboxylic acids is 2. The first-order valence-electron chi connectivity index (χ1n) is 23.3. The quantitative estimate of drug-likeness (QED) is 0.0930. The van der Waals surface area contributed by atoms with Crippen molar-refractivity contribution in [2.24, 2.45) is 0 Å². The lowest BCUT2D eigenvalue weighted by atomic mass is 9.93. The molecule has 16 nitrogen and oxygen atoms in total. The summed E-state index contributed by atoms with van der Waals surface area (Å²) in [7, 11) is 1.09. The van der Waals surface area contributed by atoms with Crippen molar-refractivity contribution >= 4 is 41.9 Å². The van der Waals surface area contributed by atoms with Gasteiger partial charge in [0.05, 0.1) is 11.1 Å². The lowest BCUT2D eigenvalue weighted by Gasteiger charge is -2.42. The van der Waals surface area contributed by atoms with Crippen molar-refractivity contribution in [3.63, 3.8) is 0 Å². The Balaban J connectivity index is 0.000000181. The molecular weight excluding hydrogens is 911 g/mol. The molecule has 0 radical (unpaired) electrons. The molecule has 2 aliphatic rings. The largest absolute Gasteiger partial charge is 0.541 e. The highest BCUT2D eigenvalue weighted by Gasteiger charge is 2.49. The predicted molar refractivity (Wildman–Crippen MR) is 261 cm³/mol. The van der Waals surface area contributed by atoms with Gasteiger partial charge in [-0.3, -0.25) is 19.6 Å². The molecule has 0 bridgehead atoms. The van der Waals surface area contributed by atoms with Crippen molar-refractivity contribution in [3.8, 4) is 11.5 Å². The van der Waals surface area contributed by atoms with Crippen LogP contribution >= 0.6 is 0 Å². The van der Waals surface area contributed by atoms with Crippen LogP contribution in [0, 0.1) is 11.6 Å². The molecule has 0 saturated carbocycles. The van der Waals surface area contributed by atoms with Crippen LogP contribution in [0.4, 0.5) is 8.78 Å². The Morgan fingerprint density at radius 3 is 1.50 bits per heavy atom. The molecule has 8 aromatic rings. The summed E-state index contributed by atoms with van der Waals surface area (Å²) < 4.78 is 34.0. The van der Waals surface area contributed by atoms with Crippen molar-refractivity contribution in [2.45, 2.75) is 96.9 Å². The fraction of sp³-hybridized carbons (Fsp3) is 0.333. The molecule has 0 saturated heterocycles. The van der Waals surface area contributed by atoms with E-state index in [9.17, 15) is 23.5 Å². The zero-order chi connectivity index (χ0) is 49.6. The zero-order valence-electron chi connectivity index (χ0n) is 40.3. The molecule has 3 N–H and O–H groups in total. The number of H-pyrrole nitrogens is 2. The molecule has 0 unspecified atom stereocenters. The minimum atomic E-state index is -2.43. The summed E-state index contributed by atoms with van der Waals surface area (Å²) in [6.07, 6.45) is 5.41. The van der Waals surface area contributed by atoms with Crippen molar-refractivity contribution < 1.29 is 27.9 Å². The molecule has 70 heavy (non-hydrogen) atoms. The normalized spacial score (nSPS) is 13.6. The Labute approximate surface area is 404 Å². The monoisotopic (exact) mass is 964 g/mol. The lowest BCUT2D eigenvalue weighted by molar-refractivity contribution is 0.0807. The summed E-state index contributed by atoms with van der Waals surface area (Å²) in [6, 6.07) is 16.9. The number of phenolic OH excluding ortho intramolecular Hbond substituents is 1. The molecule has 6 heterocycles. The van der Waals surface area contributed by atoms with Crippen LogP contribution in [0.3, 0.4) is 0 Å². The van der Waals surface area contributed by atoms with Crippen LogP contribution < -0.4 is 4.43 Å². The van der Waals surface area contributed by atoms with E-state index in [0.29, 0.717) is 89.4 Å². The summed E-state index contributed by atoms with van der Waals surface area (Å²) in [4.78, 5) is 39.0. The van der Waals surface area contributed by atoms with Gasteiger partial charge in [-0.15, -0.1) is 20.4 Å². The second-order valence-electron chi connectivity index (χ2n) is 19.2. The van der Waals surface area contributed by atoms with Crippen molar-refractivity contribution in [1.82, 2.24) is 61.0 Å². The maximum Gasteiger partial charge on any atom is 0.258 e. The number of hydrogen-bond acceptors (Lipinski definition) is 12. The number of aromatic hydroxyl groups is 1. The first kappa shape index (κ1) is 47.5. The Kier molecular flexibility index (Phi) is 13.0. The number of phenols is 1. The van der Waals surface area contributed by atoms with Gasteiger partial charge in [0.25, 0.3) is 20.1 Å². The Hall–Kier alpha value is -7.54. The highest BCUT2D eigenvalue weighted by atomic mass is 28.4. The minimum absolute atomic E-state index is 0.0578. The van der Waals surface area contributed by atoms with E-state index < -0.39 is 8.32 Å². The topological polar surface area (TPSA) is 205 Å². The third kappa shape index (κ3) is 8.84. The molecule has 0 fully saturated rings. The Morgan fingerprint density at radius 2 is 1.06 bits per heavy atom. The van der Waals surface area contributed by atoms with Crippen LogP contribution in [0.5, 0.6) is 11.5 Å². The molecule has 0 spiro atoms. The summed E-state index contributed by atoms with van der Waals surface area (Å²) >= 11 is 0. The van der Waals surface area contributed by atoms with E-state index in [2.05, 4.69) is 93.8 Å². The van der Waals surface area contributed by atoms with Crippen LogP contribution in [-0.2, 0) is 38.8 Å². The van der Waals surface area contributed by atoms with Crippen LogP contribution in [0.25, 0.3) is 21.8 Å². The van der Waals surface area contributed by atoms with E-state index in [1.54, 1.807) is 47.3 Å². The number of benzene rings is 4. The summed E-state index contributed by atoms with van der Waals surface area (Å²) in [5.74, 6) is 0.669. The van der Waals surface area contributed by atoms with Crippen LogP contribution in [-0.4, -0.2) is 100 Å². The zero-order valence-corrected chi connectivity index (χ0v) is 41.3. The third-order valence-electron chi connectivity index (χ3n) is 13.8. The fourth-order valence-corrected chi connectivity index (χ4v) is 15.8. The highest BCUT2D eigenvalue weighted by Crippen LogP contribution is 2.48. The van der Waals surface area contributed by atoms with Gasteiger partial charge in [0.2, 0.25) is 0 Å². The van der Waals surface area contributed by atoms with Gasteiger partial charge < -0.3 is 19.3 Å². The number of carbonyl (C=O) groups is 2. The smallest absolute Gasteiger partial charge is 0.258 e. The van der Waals surface area contributed by atoms with Gasteiger partial charge in [-0.25, -0.2) is 8.78 Å². The fourth-order valence-electron chi connectivity index (χ4n) is 10.5. The standard InChI is InChI=1S/C30H37FN6O2Si.C21H17FN6O2/c1-17(2)40(18(3)4,19(5)6)39-29-27-25(16-37(7)30(27)38)23(14-26-33-35-36-34-26)24-13-21(15-32-28(24)29)12-20-8-10-22(31)11-9-20;1-28-10-16-14(8-17-24-26-27-25-17)15-7-12(6-11-2-4-13(22)5-3-11)9-23-19(15)20(29)18(16)21(28)30/h8-11,13,15,17-19H,12,14,16H2,1-7H3,(H,33,34,35,36);2-5,7,9,29H,6,8,10H2,1H3,(H,24,25,26,27). The molecule has 4 aromatic heterocycles. The molecule has 4 aromatic carbocycles. The molecule has 360 valence electrons. The average molecular weight is 965 g/mol. The molecule has 10 rings (SSSR count). The second kappa shape index (κ2) is 19.1. The van der Waals surface area contributed by atoms with Crippen molar-refractivity contribution in [1.29, 1.82) is 0 Å². The molecule has 2 amide bonds. The maximum absolute atomic E-state index is 13.7. The molecule has 2 aliphatic heterocycles. The number of nitrogens with one attached hydrogen (secondary N) is 2. The average Bonchev–Trinajstić information content (AvgIpc) is 4.16. The lowest BCUT2D eigenvalue weighted by Crippen LogP contribution is -2.51. The van der Waals surface area contributed by atoms with Gasteiger partial charge in [-0.05, 0) is 110 Å². The van der Waals surface area contributed by atoms with E-state index in [1.165, 1.54) is 24.3 Å². The minimum Gasteiger partial charge on any atom is -0.541 e. The van der Waals surface area contributed by atoms with E-state index in [0.717, 1.165) is 55.3 Å². The van der Waals surface area contributed by atoms with Gasteiger partial charge in [0.15, 0.2) is 17.4 Å². The Bertz CT molecular complexity index is 3220. The number of amides is 2. The van der Waals surface area contributed by atoms with Gasteiger partial charge in [-0.1, -0.05) is 76.2 Å². The first-order valence-corrected chi connectivity index (χ1v) is 25.4. The summed E-state index contributed by atoms with van der Waals surface area (Å²) in [6.45, 7) is 14.3. The van der Waals surface area contributed by atoms with Crippen LogP contribution in [0.15, 0.2) is 73.1 Å². The van der Waals surface area contributed by atoms with Crippen LogP contribution in [0.2, 0.25) is 16.6 Å². The maximum atomic E-state index is 13.7. The van der Waals surface area contributed by atoms with Gasteiger partial charge in [0, 0.05) is 63.2 Å². The van der Waals surface area contributed by atoms with E-state index >= 15 is 0 Å². The second-order valence-corrected chi connectivity index (χ2v) is 24.6. The van der Waals surface area contributed by atoms with E-state index in [-0.39, 0.29) is 34.8 Å². The Morgan fingerprint density at radius 1 is 0.629 bits per heavy atom. The molecule has 19 heteroatoms.